The lowest BCUT2D eigenvalue weighted by Crippen LogP contribution is -2.31. The van der Waals surface area contributed by atoms with E-state index < -0.39 is 0 Å². The Bertz CT molecular complexity index is 300. The Balaban J connectivity index is 2.09. The lowest BCUT2D eigenvalue weighted by atomic mass is 9.90. The highest BCUT2D eigenvalue weighted by molar-refractivity contribution is 7.99. The van der Waals surface area contributed by atoms with Gasteiger partial charge in [0.05, 0.1) is 0 Å². The summed E-state index contributed by atoms with van der Waals surface area (Å²) in [6.45, 7) is 6.60. The van der Waals surface area contributed by atoms with Crippen molar-refractivity contribution in [2.45, 2.75) is 25.2 Å². The van der Waals surface area contributed by atoms with Crippen molar-refractivity contribution in [3.05, 3.63) is 30.3 Å². The lowest BCUT2D eigenvalue weighted by Gasteiger charge is -2.23. The van der Waals surface area contributed by atoms with E-state index in [2.05, 4.69) is 43.4 Å². The molecule has 0 bridgehead atoms. The van der Waals surface area contributed by atoms with Gasteiger partial charge in [0.15, 0.2) is 0 Å². The summed E-state index contributed by atoms with van der Waals surface area (Å²) in [7, 11) is 0. The molecular formula is C14H23NOS. The molecule has 0 aliphatic heterocycles. The van der Waals surface area contributed by atoms with Crippen LogP contribution in [0.15, 0.2) is 35.2 Å². The van der Waals surface area contributed by atoms with E-state index in [4.69, 9.17) is 5.11 Å². The van der Waals surface area contributed by atoms with Crippen LogP contribution in [0.3, 0.4) is 0 Å². The fraction of sp³-hybridized carbons (Fsp3) is 0.571. The quantitative estimate of drug-likeness (QED) is 0.552. The minimum absolute atomic E-state index is 0.187. The first-order valence-electron chi connectivity index (χ1n) is 6.13. The zero-order valence-corrected chi connectivity index (χ0v) is 11.6. The van der Waals surface area contributed by atoms with Crippen molar-refractivity contribution in [1.29, 1.82) is 0 Å². The molecule has 2 nitrogen and oxygen atoms in total. The molecule has 0 fully saturated rings. The molecule has 96 valence electrons. The molecule has 0 unspecified atom stereocenters. The standard InChI is InChI=1S/C14H23NOS/c1-14(2,8-10-16)12-15-9-11-17-13-6-4-3-5-7-13/h3-7,15-16H,8-12H2,1-2H3. The number of thioether (sulfide) groups is 1. The van der Waals surface area contributed by atoms with Gasteiger partial charge in [0.25, 0.3) is 0 Å². The smallest absolute Gasteiger partial charge is 0.0436 e. The Morgan fingerprint density at radius 2 is 1.94 bits per heavy atom. The molecule has 0 atom stereocenters. The van der Waals surface area contributed by atoms with Crippen LogP contribution in [0.25, 0.3) is 0 Å². The summed E-state index contributed by atoms with van der Waals surface area (Å²) in [5, 5.41) is 12.4. The van der Waals surface area contributed by atoms with Crippen molar-refractivity contribution in [1.82, 2.24) is 5.32 Å². The van der Waals surface area contributed by atoms with Gasteiger partial charge in [-0.15, -0.1) is 11.8 Å². The highest BCUT2D eigenvalue weighted by Gasteiger charge is 2.15. The second-order valence-electron chi connectivity index (χ2n) is 4.98. The predicted octanol–water partition coefficient (Wildman–Crippen LogP) is 2.78. The van der Waals surface area contributed by atoms with Gasteiger partial charge in [-0.05, 0) is 24.0 Å². The molecule has 17 heavy (non-hydrogen) atoms. The summed E-state index contributed by atoms with van der Waals surface area (Å²) in [6.07, 6.45) is 0.853. The molecule has 3 heteroatoms. The van der Waals surface area contributed by atoms with Gasteiger partial charge in [0.1, 0.15) is 0 Å². The molecule has 0 spiro atoms. The van der Waals surface area contributed by atoms with Gasteiger partial charge in [-0.2, -0.15) is 0 Å². The second-order valence-corrected chi connectivity index (χ2v) is 6.14. The summed E-state index contributed by atoms with van der Waals surface area (Å²) >= 11 is 1.87. The first kappa shape index (κ1) is 14.6. The number of rotatable bonds is 8. The van der Waals surface area contributed by atoms with Crippen molar-refractivity contribution in [2.24, 2.45) is 5.41 Å². The summed E-state index contributed by atoms with van der Waals surface area (Å²) in [4.78, 5) is 1.32. The van der Waals surface area contributed by atoms with Gasteiger partial charge in [-0.25, -0.2) is 0 Å². The van der Waals surface area contributed by atoms with Crippen LogP contribution in [0, 0.1) is 5.41 Å². The fourth-order valence-corrected chi connectivity index (χ4v) is 2.41. The summed E-state index contributed by atoms with van der Waals surface area (Å²) < 4.78 is 0. The van der Waals surface area contributed by atoms with Crippen molar-refractivity contribution >= 4 is 11.8 Å². The SMILES string of the molecule is CC(C)(CCO)CNCCSc1ccccc1. The fourth-order valence-electron chi connectivity index (χ4n) is 1.58. The highest BCUT2D eigenvalue weighted by Crippen LogP contribution is 2.18. The Kier molecular flexibility index (Phi) is 6.63. The third-order valence-electron chi connectivity index (χ3n) is 2.68. The van der Waals surface area contributed by atoms with Crippen LogP contribution in [-0.4, -0.2) is 30.6 Å². The molecule has 0 heterocycles. The minimum Gasteiger partial charge on any atom is -0.396 e. The topological polar surface area (TPSA) is 32.3 Å². The van der Waals surface area contributed by atoms with E-state index in [-0.39, 0.29) is 12.0 Å². The van der Waals surface area contributed by atoms with E-state index in [1.54, 1.807) is 0 Å². The van der Waals surface area contributed by atoms with Crippen LogP contribution in [0.4, 0.5) is 0 Å². The van der Waals surface area contributed by atoms with Crippen molar-refractivity contribution in [2.75, 3.05) is 25.4 Å². The third kappa shape index (κ3) is 6.71. The van der Waals surface area contributed by atoms with E-state index in [0.717, 1.165) is 25.3 Å². The van der Waals surface area contributed by atoms with Crippen LogP contribution in [0.1, 0.15) is 20.3 Å². The van der Waals surface area contributed by atoms with Crippen molar-refractivity contribution < 1.29 is 5.11 Å². The zero-order chi connectivity index (χ0) is 12.6. The monoisotopic (exact) mass is 253 g/mol. The number of aliphatic hydroxyl groups excluding tert-OH is 1. The van der Waals surface area contributed by atoms with Crippen molar-refractivity contribution in [3.8, 4) is 0 Å². The van der Waals surface area contributed by atoms with E-state index >= 15 is 0 Å². The van der Waals surface area contributed by atoms with Gasteiger partial charge in [-0.1, -0.05) is 32.0 Å². The molecule has 1 rings (SSSR count). The first-order valence-corrected chi connectivity index (χ1v) is 7.12. The number of nitrogens with one attached hydrogen (secondary N) is 1. The van der Waals surface area contributed by atoms with Gasteiger partial charge >= 0.3 is 0 Å². The molecule has 1 aromatic carbocycles. The number of benzene rings is 1. The molecule has 0 aromatic heterocycles. The second kappa shape index (κ2) is 7.75. The Morgan fingerprint density at radius 3 is 2.59 bits per heavy atom. The van der Waals surface area contributed by atoms with Gasteiger partial charge in [0.2, 0.25) is 0 Å². The van der Waals surface area contributed by atoms with Gasteiger partial charge in [0, 0.05) is 30.3 Å². The minimum atomic E-state index is 0.187. The molecular weight excluding hydrogens is 230 g/mol. The van der Waals surface area contributed by atoms with E-state index in [1.807, 2.05) is 17.8 Å². The molecule has 0 aliphatic rings. The average molecular weight is 253 g/mol. The van der Waals surface area contributed by atoms with Crippen LogP contribution in [0.2, 0.25) is 0 Å². The third-order valence-corrected chi connectivity index (χ3v) is 3.70. The number of aliphatic hydroxyl groups is 1. The van der Waals surface area contributed by atoms with E-state index in [9.17, 15) is 0 Å². The van der Waals surface area contributed by atoms with Crippen molar-refractivity contribution in [3.63, 3.8) is 0 Å². The Morgan fingerprint density at radius 1 is 1.24 bits per heavy atom. The van der Waals surface area contributed by atoms with E-state index in [1.165, 1.54) is 4.90 Å². The maximum Gasteiger partial charge on any atom is 0.0436 e. The van der Waals surface area contributed by atoms with Crippen LogP contribution in [0.5, 0.6) is 0 Å². The highest BCUT2D eigenvalue weighted by atomic mass is 32.2. The molecule has 0 saturated heterocycles. The molecule has 0 radical (unpaired) electrons. The summed E-state index contributed by atoms with van der Waals surface area (Å²) in [5.41, 5.74) is 0.187. The van der Waals surface area contributed by atoms with Crippen LogP contribution >= 0.6 is 11.8 Å². The molecule has 0 aliphatic carbocycles. The van der Waals surface area contributed by atoms with Gasteiger partial charge < -0.3 is 10.4 Å². The Labute approximate surface area is 109 Å². The van der Waals surface area contributed by atoms with Gasteiger partial charge in [-0.3, -0.25) is 0 Å². The zero-order valence-electron chi connectivity index (χ0n) is 10.8. The number of hydrogen-bond donors (Lipinski definition) is 2. The normalized spacial score (nSPS) is 11.7. The molecule has 0 saturated carbocycles. The summed E-state index contributed by atoms with van der Waals surface area (Å²) in [5.74, 6) is 1.08. The maximum atomic E-state index is 8.92. The van der Waals surface area contributed by atoms with Crippen LogP contribution in [-0.2, 0) is 0 Å². The first-order chi connectivity index (χ1) is 8.14. The van der Waals surface area contributed by atoms with E-state index in [0.29, 0.717) is 0 Å². The summed E-state index contributed by atoms with van der Waals surface area (Å²) in [6, 6.07) is 10.5. The van der Waals surface area contributed by atoms with Crippen LogP contribution < -0.4 is 5.32 Å². The average Bonchev–Trinajstić information content (AvgIpc) is 2.30. The Hall–Kier alpha value is -0.510. The predicted molar refractivity (Wildman–Crippen MR) is 75.5 cm³/mol. The lowest BCUT2D eigenvalue weighted by molar-refractivity contribution is 0.208. The molecule has 0 amide bonds. The molecule has 1 aromatic rings. The molecule has 2 N–H and O–H groups in total. The largest absolute Gasteiger partial charge is 0.396 e. The number of hydrogen-bond acceptors (Lipinski definition) is 3. The maximum absolute atomic E-state index is 8.92.